The first kappa shape index (κ1) is 19.4. The highest BCUT2D eigenvalue weighted by atomic mass is 35.5. The quantitative estimate of drug-likeness (QED) is 0.649. The molecule has 8 heteroatoms. The van der Waals surface area contributed by atoms with Gasteiger partial charge < -0.3 is 20.3 Å². The third-order valence-electron chi connectivity index (χ3n) is 3.97. The van der Waals surface area contributed by atoms with Crippen molar-refractivity contribution in [1.29, 1.82) is 0 Å². The molecular formula is C20H20ClN5O2. The minimum absolute atomic E-state index is 0.231. The summed E-state index contributed by atoms with van der Waals surface area (Å²) in [5.41, 5.74) is 2.72. The standard InChI is InChI=1S/C20H20ClN5O2/c1-26(2)15-7-4-13(5-8-15)24-19-11-17(22-12-23-19)20(27)25-14-6-9-18(28-3)16(21)10-14/h4-12H,1-3H3,(H,25,27)(H,22,23,24). The van der Waals surface area contributed by atoms with Gasteiger partial charge in [0.1, 0.15) is 23.6 Å². The third-order valence-corrected chi connectivity index (χ3v) is 4.26. The summed E-state index contributed by atoms with van der Waals surface area (Å²) in [5.74, 6) is 0.689. The van der Waals surface area contributed by atoms with Gasteiger partial charge in [0.2, 0.25) is 0 Å². The number of ether oxygens (including phenoxy) is 1. The molecule has 0 aliphatic rings. The number of halogens is 1. The minimum atomic E-state index is -0.366. The summed E-state index contributed by atoms with van der Waals surface area (Å²) >= 11 is 6.09. The Labute approximate surface area is 168 Å². The molecule has 0 radical (unpaired) electrons. The lowest BCUT2D eigenvalue weighted by molar-refractivity contribution is 0.102. The van der Waals surface area contributed by atoms with E-state index >= 15 is 0 Å². The molecule has 1 amide bonds. The number of rotatable bonds is 6. The van der Waals surface area contributed by atoms with Crippen molar-refractivity contribution >= 4 is 40.4 Å². The number of benzene rings is 2. The van der Waals surface area contributed by atoms with Gasteiger partial charge in [0.25, 0.3) is 5.91 Å². The van der Waals surface area contributed by atoms with Gasteiger partial charge in [0.15, 0.2) is 0 Å². The minimum Gasteiger partial charge on any atom is -0.495 e. The Morgan fingerprint density at radius 1 is 1.04 bits per heavy atom. The van der Waals surface area contributed by atoms with Crippen molar-refractivity contribution in [3.05, 3.63) is 65.6 Å². The van der Waals surface area contributed by atoms with Gasteiger partial charge in [-0.15, -0.1) is 0 Å². The molecule has 3 rings (SSSR count). The second kappa shape index (κ2) is 8.58. The fourth-order valence-electron chi connectivity index (χ4n) is 2.48. The first-order valence-corrected chi connectivity index (χ1v) is 8.85. The lowest BCUT2D eigenvalue weighted by Gasteiger charge is -2.13. The van der Waals surface area contributed by atoms with Gasteiger partial charge in [-0.25, -0.2) is 9.97 Å². The van der Waals surface area contributed by atoms with Crippen molar-refractivity contribution in [2.24, 2.45) is 0 Å². The Balaban J connectivity index is 1.71. The van der Waals surface area contributed by atoms with Crippen LogP contribution in [0.2, 0.25) is 5.02 Å². The maximum absolute atomic E-state index is 12.5. The smallest absolute Gasteiger partial charge is 0.274 e. The number of nitrogens with zero attached hydrogens (tertiary/aromatic N) is 3. The van der Waals surface area contributed by atoms with E-state index < -0.39 is 0 Å². The van der Waals surface area contributed by atoms with Gasteiger partial charge in [-0.3, -0.25) is 4.79 Å². The third kappa shape index (κ3) is 4.69. The molecule has 0 unspecified atom stereocenters. The Hall–Kier alpha value is -3.32. The number of hydrogen-bond acceptors (Lipinski definition) is 6. The first-order valence-electron chi connectivity index (χ1n) is 8.47. The number of anilines is 4. The van der Waals surface area contributed by atoms with E-state index in [1.807, 2.05) is 43.3 Å². The lowest BCUT2D eigenvalue weighted by atomic mass is 10.2. The fourth-order valence-corrected chi connectivity index (χ4v) is 2.74. The van der Waals surface area contributed by atoms with Gasteiger partial charge >= 0.3 is 0 Å². The molecule has 0 aliphatic heterocycles. The van der Waals surface area contributed by atoms with Crippen LogP contribution in [0.3, 0.4) is 0 Å². The number of hydrogen-bond donors (Lipinski definition) is 2. The lowest BCUT2D eigenvalue weighted by Crippen LogP contribution is -2.14. The number of methoxy groups -OCH3 is 1. The molecule has 0 fully saturated rings. The van der Waals surface area contributed by atoms with Crippen LogP contribution in [-0.2, 0) is 0 Å². The highest BCUT2D eigenvalue weighted by Gasteiger charge is 2.11. The maximum Gasteiger partial charge on any atom is 0.274 e. The zero-order chi connectivity index (χ0) is 20.1. The van der Waals surface area contributed by atoms with Crippen LogP contribution in [-0.4, -0.2) is 37.1 Å². The second-order valence-electron chi connectivity index (χ2n) is 6.16. The number of carbonyl (C=O) groups is 1. The normalized spacial score (nSPS) is 10.3. The van der Waals surface area contributed by atoms with E-state index in [2.05, 4.69) is 20.6 Å². The average molecular weight is 398 g/mol. The number of aromatic nitrogens is 2. The van der Waals surface area contributed by atoms with Crippen molar-refractivity contribution < 1.29 is 9.53 Å². The van der Waals surface area contributed by atoms with Gasteiger partial charge in [0.05, 0.1) is 12.1 Å². The zero-order valence-corrected chi connectivity index (χ0v) is 16.5. The van der Waals surface area contributed by atoms with E-state index in [-0.39, 0.29) is 11.6 Å². The van der Waals surface area contributed by atoms with Crippen molar-refractivity contribution in [3.8, 4) is 5.75 Å². The molecule has 3 aromatic rings. The molecule has 0 spiro atoms. The van der Waals surface area contributed by atoms with Crippen LogP contribution in [0.15, 0.2) is 54.9 Å². The zero-order valence-electron chi connectivity index (χ0n) is 15.7. The summed E-state index contributed by atoms with van der Waals surface area (Å²) < 4.78 is 5.11. The van der Waals surface area contributed by atoms with E-state index in [1.54, 1.807) is 24.3 Å². The van der Waals surface area contributed by atoms with Crippen LogP contribution in [0, 0.1) is 0 Å². The second-order valence-corrected chi connectivity index (χ2v) is 6.57. The number of nitrogens with one attached hydrogen (secondary N) is 2. The van der Waals surface area contributed by atoms with Crippen LogP contribution >= 0.6 is 11.6 Å². The Kier molecular flexibility index (Phi) is 5.96. The Morgan fingerprint density at radius 3 is 2.39 bits per heavy atom. The average Bonchev–Trinajstić information content (AvgIpc) is 2.69. The molecule has 2 N–H and O–H groups in total. The molecule has 2 aromatic carbocycles. The SMILES string of the molecule is COc1ccc(NC(=O)c2cc(Nc3ccc(N(C)C)cc3)ncn2)cc1Cl. The largest absolute Gasteiger partial charge is 0.495 e. The molecule has 0 saturated carbocycles. The molecule has 7 nitrogen and oxygen atoms in total. The molecule has 0 saturated heterocycles. The van der Waals surface area contributed by atoms with Crippen LogP contribution in [0.1, 0.15) is 10.5 Å². The van der Waals surface area contributed by atoms with Gasteiger partial charge in [-0.2, -0.15) is 0 Å². The van der Waals surface area contributed by atoms with Crippen LogP contribution in [0.5, 0.6) is 5.75 Å². The summed E-state index contributed by atoms with van der Waals surface area (Å²) in [4.78, 5) is 22.7. The molecule has 0 bridgehead atoms. The van der Waals surface area contributed by atoms with E-state index in [0.29, 0.717) is 22.3 Å². The van der Waals surface area contributed by atoms with E-state index in [4.69, 9.17) is 16.3 Å². The summed E-state index contributed by atoms with van der Waals surface area (Å²) in [7, 11) is 5.49. The van der Waals surface area contributed by atoms with E-state index in [1.165, 1.54) is 13.4 Å². The maximum atomic E-state index is 12.5. The summed E-state index contributed by atoms with van der Waals surface area (Å²) in [6, 6.07) is 14.4. The van der Waals surface area contributed by atoms with Crippen molar-refractivity contribution in [2.45, 2.75) is 0 Å². The van der Waals surface area contributed by atoms with Gasteiger partial charge in [-0.05, 0) is 42.5 Å². The molecule has 0 aliphatic carbocycles. The van der Waals surface area contributed by atoms with Gasteiger partial charge in [0, 0.05) is 37.2 Å². The Bertz CT molecular complexity index is 977. The van der Waals surface area contributed by atoms with Crippen LogP contribution < -0.4 is 20.3 Å². The van der Waals surface area contributed by atoms with Crippen LogP contribution in [0.4, 0.5) is 22.9 Å². The molecule has 1 aromatic heterocycles. The topological polar surface area (TPSA) is 79.4 Å². The monoisotopic (exact) mass is 397 g/mol. The summed E-state index contributed by atoms with van der Waals surface area (Å²) in [6.07, 6.45) is 1.34. The number of carbonyl (C=O) groups excluding carboxylic acids is 1. The van der Waals surface area contributed by atoms with E-state index in [0.717, 1.165) is 11.4 Å². The van der Waals surface area contributed by atoms with Gasteiger partial charge in [-0.1, -0.05) is 11.6 Å². The van der Waals surface area contributed by atoms with Crippen molar-refractivity contribution in [1.82, 2.24) is 9.97 Å². The first-order chi connectivity index (χ1) is 13.5. The molecule has 0 atom stereocenters. The predicted molar refractivity (Wildman–Crippen MR) is 112 cm³/mol. The Morgan fingerprint density at radius 2 is 1.75 bits per heavy atom. The fraction of sp³-hybridized carbons (Fsp3) is 0.150. The van der Waals surface area contributed by atoms with Crippen molar-refractivity contribution in [2.75, 3.05) is 36.7 Å². The van der Waals surface area contributed by atoms with Crippen molar-refractivity contribution in [3.63, 3.8) is 0 Å². The molecular weight excluding hydrogens is 378 g/mol. The number of amides is 1. The highest BCUT2D eigenvalue weighted by molar-refractivity contribution is 6.32. The predicted octanol–water partition coefficient (Wildman–Crippen LogP) is 4.20. The highest BCUT2D eigenvalue weighted by Crippen LogP contribution is 2.27. The summed E-state index contributed by atoms with van der Waals surface area (Å²) in [5, 5.41) is 6.33. The molecule has 28 heavy (non-hydrogen) atoms. The van der Waals surface area contributed by atoms with E-state index in [9.17, 15) is 4.79 Å². The van der Waals surface area contributed by atoms with Crippen LogP contribution in [0.25, 0.3) is 0 Å². The summed E-state index contributed by atoms with van der Waals surface area (Å²) in [6.45, 7) is 0. The molecule has 1 heterocycles. The molecule has 144 valence electrons.